The third kappa shape index (κ3) is 3.56. The topological polar surface area (TPSA) is 52.6 Å². The van der Waals surface area contributed by atoms with E-state index >= 15 is 0 Å². The fourth-order valence-corrected chi connectivity index (χ4v) is 2.96. The number of hydrogen-bond donors (Lipinski definition) is 0. The summed E-state index contributed by atoms with van der Waals surface area (Å²) in [5.41, 5.74) is 1.33. The van der Waals surface area contributed by atoms with Crippen LogP contribution < -0.4 is 0 Å². The molecule has 2 atom stereocenters. The molecular weight excluding hydrogens is 280 g/mol. The lowest BCUT2D eigenvalue weighted by molar-refractivity contribution is -0.148. The number of carbonyl (C=O) groups excluding carboxylic acids is 2. The minimum absolute atomic E-state index is 0.0796. The molecule has 0 N–H and O–H groups in total. The number of allylic oxidation sites excluding steroid dienone is 1. The molecule has 4 nitrogen and oxygen atoms in total. The SMILES string of the molecule is CC(=O)O[C@@H]1C(C)=CC(C)(C)[C@@H]1COC(=O)c1ccccc1. The molecule has 0 heterocycles. The monoisotopic (exact) mass is 302 g/mol. The van der Waals surface area contributed by atoms with Gasteiger partial charge in [-0.15, -0.1) is 0 Å². The summed E-state index contributed by atoms with van der Waals surface area (Å²) in [7, 11) is 0. The van der Waals surface area contributed by atoms with Crippen LogP contribution in [0.1, 0.15) is 38.1 Å². The minimum Gasteiger partial charge on any atom is -0.462 e. The first kappa shape index (κ1) is 16.3. The lowest BCUT2D eigenvalue weighted by Gasteiger charge is -2.30. The van der Waals surface area contributed by atoms with Crippen molar-refractivity contribution in [1.29, 1.82) is 0 Å². The number of ether oxygens (including phenoxy) is 2. The second-order valence-corrected chi connectivity index (χ2v) is 6.31. The molecule has 1 aromatic rings. The van der Waals surface area contributed by atoms with Crippen molar-refractivity contribution in [2.24, 2.45) is 11.3 Å². The number of rotatable bonds is 4. The second kappa shape index (κ2) is 6.34. The highest BCUT2D eigenvalue weighted by molar-refractivity contribution is 5.89. The molecule has 0 aromatic heterocycles. The Hall–Kier alpha value is -2.10. The molecule has 22 heavy (non-hydrogen) atoms. The minimum atomic E-state index is -0.359. The van der Waals surface area contributed by atoms with Gasteiger partial charge in [0.15, 0.2) is 0 Å². The van der Waals surface area contributed by atoms with Gasteiger partial charge in [0.2, 0.25) is 0 Å². The lowest BCUT2D eigenvalue weighted by atomic mass is 9.81. The zero-order chi connectivity index (χ0) is 16.3. The number of carbonyl (C=O) groups is 2. The van der Waals surface area contributed by atoms with E-state index in [1.165, 1.54) is 6.92 Å². The molecule has 1 aliphatic carbocycles. The van der Waals surface area contributed by atoms with Crippen LogP contribution >= 0.6 is 0 Å². The first-order chi connectivity index (χ1) is 10.3. The molecule has 118 valence electrons. The predicted octanol–water partition coefficient (Wildman–Crippen LogP) is 3.38. The van der Waals surface area contributed by atoms with Crippen LogP contribution in [0.25, 0.3) is 0 Å². The molecule has 0 spiro atoms. The normalized spacial score (nSPS) is 22.8. The molecule has 0 aliphatic heterocycles. The Morgan fingerprint density at radius 1 is 1.18 bits per heavy atom. The summed E-state index contributed by atoms with van der Waals surface area (Å²) >= 11 is 0. The number of hydrogen-bond acceptors (Lipinski definition) is 4. The Labute approximate surface area is 131 Å². The van der Waals surface area contributed by atoms with Crippen LogP contribution in [0.4, 0.5) is 0 Å². The molecule has 0 fully saturated rings. The van der Waals surface area contributed by atoms with Crippen LogP contribution in [-0.2, 0) is 14.3 Å². The number of esters is 2. The first-order valence-electron chi connectivity index (χ1n) is 7.40. The molecule has 0 unspecified atom stereocenters. The standard InChI is InChI=1S/C18H22O4/c1-12-10-18(3,4)15(16(12)22-13(2)19)11-21-17(20)14-8-6-5-7-9-14/h5-10,15-16H,11H2,1-4H3/t15-,16-/m1/s1. The maximum atomic E-state index is 12.1. The molecule has 0 bridgehead atoms. The van der Waals surface area contributed by atoms with Crippen molar-refractivity contribution in [3.63, 3.8) is 0 Å². The lowest BCUT2D eigenvalue weighted by Crippen LogP contribution is -2.35. The zero-order valence-corrected chi connectivity index (χ0v) is 13.5. The summed E-state index contributed by atoms with van der Waals surface area (Å²) in [5, 5.41) is 0. The molecular formula is C18H22O4. The third-order valence-corrected chi connectivity index (χ3v) is 4.07. The molecule has 0 saturated heterocycles. The van der Waals surface area contributed by atoms with Crippen molar-refractivity contribution >= 4 is 11.9 Å². The summed E-state index contributed by atoms with van der Waals surface area (Å²) in [4.78, 5) is 23.4. The van der Waals surface area contributed by atoms with Gasteiger partial charge in [0.25, 0.3) is 0 Å². The van der Waals surface area contributed by atoms with E-state index in [1.807, 2.05) is 13.0 Å². The Balaban J connectivity index is 2.06. The van der Waals surface area contributed by atoms with Gasteiger partial charge in [0, 0.05) is 12.8 Å². The van der Waals surface area contributed by atoms with Crippen LogP contribution in [-0.4, -0.2) is 24.6 Å². The van der Waals surface area contributed by atoms with Gasteiger partial charge in [-0.1, -0.05) is 38.1 Å². The fourth-order valence-electron chi connectivity index (χ4n) is 2.96. The highest BCUT2D eigenvalue weighted by atomic mass is 16.6. The smallest absolute Gasteiger partial charge is 0.338 e. The van der Waals surface area contributed by atoms with Gasteiger partial charge < -0.3 is 9.47 Å². The van der Waals surface area contributed by atoms with E-state index in [0.717, 1.165) is 5.57 Å². The number of benzene rings is 1. The van der Waals surface area contributed by atoms with Gasteiger partial charge >= 0.3 is 11.9 Å². The second-order valence-electron chi connectivity index (χ2n) is 6.31. The Bertz CT molecular complexity index is 586. The van der Waals surface area contributed by atoms with Crippen molar-refractivity contribution < 1.29 is 19.1 Å². The van der Waals surface area contributed by atoms with Crippen LogP contribution in [0.2, 0.25) is 0 Å². The molecule has 2 rings (SSSR count). The van der Waals surface area contributed by atoms with E-state index in [4.69, 9.17) is 9.47 Å². The van der Waals surface area contributed by atoms with Crippen LogP contribution in [0.15, 0.2) is 42.0 Å². The maximum Gasteiger partial charge on any atom is 0.338 e. The van der Waals surface area contributed by atoms with Crippen LogP contribution in [0.5, 0.6) is 0 Å². The van der Waals surface area contributed by atoms with E-state index in [9.17, 15) is 9.59 Å². The average molecular weight is 302 g/mol. The van der Waals surface area contributed by atoms with E-state index in [0.29, 0.717) is 5.56 Å². The highest BCUT2D eigenvalue weighted by Crippen LogP contribution is 2.42. The summed E-state index contributed by atoms with van der Waals surface area (Å²) in [6.07, 6.45) is 1.75. The van der Waals surface area contributed by atoms with E-state index in [2.05, 4.69) is 19.9 Å². The molecule has 0 saturated carbocycles. The molecule has 1 aromatic carbocycles. The maximum absolute atomic E-state index is 12.1. The van der Waals surface area contributed by atoms with Gasteiger partial charge in [-0.3, -0.25) is 4.79 Å². The van der Waals surface area contributed by atoms with Gasteiger partial charge in [-0.05, 0) is 30.0 Å². The van der Waals surface area contributed by atoms with Crippen molar-refractivity contribution in [2.45, 2.75) is 33.8 Å². The van der Waals surface area contributed by atoms with E-state index < -0.39 is 0 Å². The quantitative estimate of drug-likeness (QED) is 0.632. The Morgan fingerprint density at radius 2 is 1.82 bits per heavy atom. The zero-order valence-electron chi connectivity index (χ0n) is 13.5. The average Bonchev–Trinajstić information content (AvgIpc) is 2.66. The predicted molar refractivity (Wildman–Crippen MR) is 83.3 cm³/mol. The van der Waals surface area contributed by atoms with Gasteiger partial charge in [0.05, 0.1) is 12.2 Å². The first-order valence-corrected chi connectivity index (χ1v) is 7.40. The largest absolute Gasteiger partial charge is 0.462 e. The summed E-state index contributed by atoms with van der Waals surface area (Å²) in [5.74, 6) is -0.763. The van der Waals surface area contributed by atoms with Crippen molar-refractivity contribution in [3.8, 4) is 0 Å². The molecule has 0 radical (unpaired) electrons. The van der Waals surface area contributed by atoms with Crippen molar-refractivity contribution in [2.75, 3.05) is 6.61 Å². The Morgan fingerprint density at radius 3 is 2.41 bits per heavy atom. The Kier molecular flexibility index (Phi) is 4.69. The van der Waals surface area contributed by atoms with E-state index in [-0.39, 0.29) is 36.0 Å². The highest BCUT2D eigenvalue weighted by Gasteiger charge is 2.43. The van der Waals surface area contributed by atoms with Gasteiger partial charge in [0.1, 0.15) is 6.10 Å². The molecule has 4 heteroatoms. The van der Waals surface area contributed by atoms with Crippen molar-refractivity contribution in [1.82, 2.24) is 0 Å². The molecule has 0 amide bonds. The van der Waals surface area contributed by atoms with Crippen LogP contribution in [0, 0.1) is 11.3 Å². The summed E-state index contributed by atoms with van der Waals surface area (Å²) in [6, 6.07) is 8.87. The van der Waals surface area contributed by atoms with Gasteiger partial charge in [-0.2, -0.15) is 0 Å². The summed E-state index contributed by atoms with van der Waals surface area (Å²) in [6.45, 7) is 7.66. The third-order valence-electron chi connectivity index (χ3n) is 4.07. The summed E-state index contributed by atoms with van der Waals surface area (Å²) < 4.78 is 10.9. The van der Waals surface area contributed by atoms with Crippen LogP contribution in [0.3, 0.4) is 0 Å². The van der Waals surface area contributed by atoms with Crippen molar-refractivity contribution in [3.05, 3.63) is 47.5 Å². The van der Waals surface area contributed by atoms with E-state index in [1.54, 1.807) is 24.3 Å². The fraction of sp³-hybridized carbons (Fsp3) is 0.444. The van der Waals surface area contributed by atoms with Gasteiger partial charge in [-0.25, -0.2) is 4.79 Å². The molecule has 1 aliphatic rings.